The lowest BCUT2D eigenvalue weighted by molar-refractivity contribution is 0.0851. The van der Waals surface area contributed by atoms with Gasteiger partial charge in [0.15, 0.2) is 5.78 Å². The fourth-order valence-corrected chi connectivity index (χ4v) is 3.32. The molecule has 0 spiro atoms. The van der Waals surface area contributed by atoms with Gasteiger partial charge in [-0.3, -0.25) is 4.79 Å². The van der Waals surface area contributed by atoms with Crippen molar-refractivity contribution in [2.24, 2.45) is 5.92 Å². The third kappa shape index (κ3) is 4.35. The molecule has 1 aliphatic rings. The van der Waals surface area contributed by atoms with Crippen LogP contribution in [-0.2, 0) is 0 Å². The molecule has 6 heteroatoms. The number of hydrogen-bond donors (Lipinski definition) is 1. The van der Waals surface area contributed by atoms with Crippen LogP contribution in [0.1, 0.15) is 23.2 Å². The maximum atomic E-state index is 12.7. The van der Waals surface area contributed by atoms with Crippen LogP contribution in [0.3, 0.4) is 0 Å². The van der Waals surface area contributed by atoms with Gasteiger partial charge in [-0.25, -0.2) is 4.79 Å². The molecule has 0 radical (unpaired) electrons. The molecule has 5 nitrogen and oxygen atoms in total. The van der Waals surface area contributed by atoms with E-state index in [4.69, 9.17) is 16.3 Å². The van der Waals surface area contributed by atoms with Crippen molar-refractivity contribution >= 4 is 29.1 Å². The van der Waals surface area contributed by atoms with Crippen molar-refractivity contribution in [2.45, 2.75) is 12.8 Å². The number of nitrogens with zero attached hydrogens (tertiary/aromatic N) is 1. The second-order valence-electron chi connectivity index (χ2n) is 6.32. The number of nitrogens with one attached hydrogen (secondary N) is 1. The smallest absolute Gasteiger partial charge is 0.321 e. The molecule has 1 atom stereocenters. The number of methoxy groups -OCH3 is 1. The van der Waals surface area contributed by atoms with Gasteiger partial charge in [-0.05, 0) is 49.2 Å². The number of carbonyl (C=O) groups excluding carboxylic acids is 2. The van der Waals surface area contributed by atoms with Crippen LogP contribution in [0.25, 0.3) is 0 Å². The Hall–Kier alpha value is -2.53. The normalized spacial score (nSPS) is 16.8. The number of halogens is 1. The molecule has 1 saturated heterocycles. The molecule has 1 unspecified atom stereocenters. The summed E-state index contributed by atoms with van der Waals surface area (Å²) in [4.78, 5) is 26.9. The van der Waals surface area contributed by atoms with Crippen molar-refractivity contribution in [1.29, 1.82) is 0 Å². The number of piperidine rings is 1. The summed E-state index contributed by atoms with van der Waals surface area (Å²) in [6.45, 7) is 1.05. The molecule has 2 amide bonds. The Bertz CT molecular complexity index is 792. The molecule has 1 aliphatic heterocycles. The highest BCUT2D eigenvalue weighted by Gasteiger charge is 2.29. The standard InChI is InChI=1S/C20H21ClN2O3/c1-26-18-9-7-17(8-10-18)22-20(25)23-11-3-5-15(13-23)19(24)14-4-2-6-16(21)12-14/h2,4,6-10,12,15H,3,5,11,13H2,1H3,(H,22,25). The highest BCUT2D eigenvalue weighted by molar-refractivity contribution is 6.31. The molecule has 0 bridgehead atoms. The summed E-state index contributed by atoms with van der Waals surface area (Å²) in [5.74, 6) is 0.562. The van der Waals surface area contributed by atoms with Crippen molar-refractivity contribution in [3.8, 4) is 5.75 Å². The summed E-state index contributed by atoms with van der Waals surface area (Å²) in [6, 6.07) is 13.9. The number of carbonyl (C=O) groups is 2. The van der Waals surface area contributed by atoms with Crippen LogP contribution in [0.5, 0.6) is 5.75 Å². The van der Waals surface area contributed by atoms with Crippen LogP contribution in [0.4, 0.5) is 10.5 Å². The predicted octanol–water partition coefficient (Wildman–Crippen LogP) is 4.48. The minimum absolute atomic E-state index is 0.0365. The monoisotopic (exact) mass is 372 g/mol. The van der Waals surface area contributed by atoms with Gasteiger partial charge < -0.3 is 15.0 Å². The lowest BCUT2D eigenvalue weighted by Crippen LogP contribution is -2.44. The number of likely N-dealkylation sites (tertiary alicyclic amines) is 1. The Morgan fingerprint density at radius 2 is 1.96 bits per heavy atom. The number of amides is 2. The second-order valence-corrected chi connectivity index (χ2v) is 6.75. The molecule has 1 N–H and O–H groups in total. The zero-order valence-corrected chi connectivity index (χ0v) is 15.3. The van der Waals surface area contributed by atoms with Crippen LogP contribution in [-0.4, -0.2) is 36.9 Å². The van der Waals surface area contributed by atoms with Gasteiger partial charge in [-0.2, -0.15) is 0 Å². The van der Waals surface area contributed by atoms with Crippen molar-refractivity contribution in [3.05, 3.63) is 59.1 Å². The summed E-state index contributed by atoms with van der Waals surface area (Å²) in [6.07, 6.45) is 1.57. The summed E-state index contributed by atoms with van der Waals surface area (Å²) in [5.41, 5.74) is 1.29. The lowest BCUT2D eigenvalue weighted by Gasteiger charge is -2.32. The molecule has 1 heterocycles. The third-order valence-electron chi connectivity index (χ3n) is 4.53. The highest BCUT2D eigenvalue weighted by Crippen LogP contribution is 2.23. The number of Topliss-reactive ketones (excluding diaryl/α,β-unsaturated/α-hetero) is 1. The van der Waals surface area contributed by atoms with Crippen LogP contribution in [0.2, 0.25) is 5.02 Å². The largest absolute Gasteiger partial charge is 0.497 e. The van der Waals surface area contributed by atoms with Crippen LogP contribution < -0.4 is 10.1 Å². The van der Waals surface area contributed by atoms with Gasteiger partial charge in [0.1, 0.15) is 5.75 Å². The fraction of sp³-hybridized carbons (Fsp3) is 0.300. The quantitative estimate of drug-likeness (QED) is 0.805. The van der Waals surface area contributed by atoms with Crippen LogP contribution in [0.15, 0.2) is 48.5 Å². The minimum atomic E-state index is -0.205. The maximum Gasteiger partial charge on any atom is 0.321 e. The molecular weight excluding hydrogens is 352 g/mol. The van der Waals surface area contributed by atoms with Crippen molar-refractivity contribution < 1.29 is 14.3 Å². The van der Waals surface area contributed by atoms with E-state index in [1.807, 2.05) is 0 Å². The van der Waals surface area contributed by atoms with Crippen molar-refractivity contribution in [1.82, 2.24) is 4.90 Å². The summed E-state index contributed by atoms with van der Waals surface area (Å²) < 4.78 is 5.11. The lowest BCUT2D eigenvalue weighted by atomic mass is 9.90. The first-order chi connectivity index (χ1) is 12.6. The molecule has 0 aromatic heterocycles. The number of ether oxygens (including phenoxy) is 1. The molecule has 136 valence electrons. The molecule has 2 aromatic carbocycles. The first-order valence-corrected chi connectivity index (χ1v) is 8.94. The van der Waals surface area contributed by atoms with E-state index in [0.29, 0.717) is 29.4 Å². The van der Waals surface area contributed by atoms with Gasteiger partial charge in [0.25, 0.3) is 0 Å². The topological polar surface area (TPSA) is 58.6 Å². The van der Waals surface area contributed by atoms with Crippen LogP contribution in [0, 0.1) is 5.92 Å². The predicted molar refractivity (Wildman–Crippen MR) is 102 cm³/mol. The van der Waals surface area contributed by atoms with E-state index in [1.165, 1.54) is 0 Å². The van der Waals surface area contributed by atoms with E-state index in [2.05, 4.69) is 5.32 Å². The Morgan fingerprint density at radius 3 is 2.65 bits per heavy atom. The molecule has 26 heavy (non-hydrogen) atoms. The number of anilines is 1. The molecular formula is C20H21ClN2O3. The Morgan fingerprint density at radius 1 is 1.19 bits per heavy atom. The highest BCUT2D eigenvalue weighted by atomic mass is 35.5. The van der Waals surface area contributed by atoms with Gasteiger partial charge in [0.05, 0.1) is 7.11 Å². The third-order valence-corrected chi connectivity index (χ3v) is 4.76. The second kappa shape index (κ2) is 8.23. The molecule has 0 aliphatic carbocycles. The fourth-order valence-electron chi connectivity index (χ4n) is 3.13. The average Bonchev–Trinajstić information content (AvgIpc) is 2.68. The van der Waals surface area contributed by atoms with E-state index in [9.17, 15) is 9.59 Å². The van der Waals surface area contributed by atoms with E-state index < -0.39 is 0 Å². The zero-order chi connectivity index (χ0) is 18.5. The summed E-state index contributed by atoms with van der Waals surface area (Å²) >= 11 is 5.98. The zero-order valence-electron chi connectivity index (χ0n) is 14.6. The average molecular weight is 373 g/mol. The van der Waals surface area contributed by atoms with Crippen LogP contribution >= 0.6 is 11.6 Å². The summed E-state index contributed by atoms with van der Waals surface area (Å²) in [5, 5.41) is 3.41. The minimum Gasteiger partial charge on any atom is -0.497 e. The van der Waals surface area contributed by atoms with Gasteiger partial charge in [0.2, 0.25) is 0 Å². The number of urea groups is 1. The Balaban J connectivity index is 1.63. The van der Waals surface area contributed by atoms with E-state index in [0.717, 1.165) is 18.6 Å². The SMILES string of the molecule is COc1ccc(NC(=O)N2CCCC(C(=O)c3cccc(Cl)c3)C2)cc1. The van der Waals surface area contributed by atoms with E-state index in [-0.39, 0.29) is 17.7 Å². The van der Waals surface area contributed by atoms with E-state index >= 15 is 0 Å². The number of benzene rings is 2. The number of rotatable bonds is 4. The maximum absolute atomic E-state index is 12.7. The first-order valence-electron chi connectivity index (χ1n) is 8.56. The van der Waals surface area contributed by atoms with Crippen molar-refractivity contribution in [2.75, 3.05) is 25.5 Å². The number of ketones is 1. The van der Waals surface area contributed by atoms with Gasteiger partial charge in [-0.1, -0.05) is 23.7 Å². The van der Waals surface area contributed by atoms with E-state index in [1.54, 1.807) is 60.5 Å². The molecule has 2 aromatic rings. The molecule has 0 saturated carbocycles. The summed E-state index contributed by atoms with van der Waals surface area (Å²) in [7, 11) is 1.60. The van der Waals surface area contributed by atoms with Gasteiger partial charge >= 0.3 is 6.03 Å². The molecule has 3 rings (SSSR count). The van der Waals surface area contributed by atoms with Crippen molar-refractivity contribution in [3.63, 3.8) is 0 Å². The molecule has 1 fully saturated rings. The van der Waals surface area contributed by atoms with Gasteiger partial charge in [-0.15, -0.1) is 0 Å². The Kier molecular flexibility index (Phi) is 5.78. The van der Waals surface area contributed by atoms with Gasteiger partial charge in [0, 0.05) is 35.3 Å². The number of hydrogen-bond acceptors (Lipinski definition) is 3. The Labute approximate surface area is 157 Å². The first kappa shape index (κ1) is 18.3.